The highest BCUT2D eigenvalue weighted by Gasteiger charge is 2.44. The van der Waals surface area contributed by atoms with Crippen molar-refractivity contribution in [3.05, 3.63) is 76.6 Å². The summed E-state index contributed by atoms with van der Waals surface area (Å²) in [5, 5.41) is 10.6. The lowest BCUT2D eigenvalue weighted by Crippen LogP contribution is -2.35. The SMILES string of the molecule is N#CC1=C(N2CCOCC2)SN(S(=O)(=O)c2ccc(F)cc2)C1c1ccccc1. The van der Waals surface area contributed by atoms with Gasteiger partial charge in [0, 0.05) is 13.1 Å². The molecule has 0 amide bonds. The summed E-state index contributed by atoms with van der Waals surface area (Å²) in [6.45, 7) is 2.20. The molecule has 0 aromatic heterocycles. The van der Waals surface area contributed by atoms with E-state index in [1.807, 2.05) is 23.1 Å². The molecule has 1 atom stereocenters. The van der Waals surface area contributed by atoms with Crippen LogP contribution in [0, 0.1) is 17.1 Å². The number of sulfonamides is 1. The smallest absolute Gasteiger partial charge is 0.253 e. The van der Waals surface area contributed by atoms with Gasteiger partial charge in [-0.3, -0.25) is 0 Å². The Kier molecular flexibility index (Phi) is 5.61. The van der Waals surface area contributed by atoms with Crippen LogP contribution in [-0.2, 0) is 14.8 Å². The quantitative estimate of drug-likeness (QED) is 0.692. The van der Waals surface area contributed by atoms with Crippen molar-refractivity contribution < 1.29 is 17.5 Å². The summed E-state index contributed by atoms with van der Waals surface area (Å²) in [5.74, 6) is -0.512. The molecule has 6 nitrogen and oxygen atoms in total. The van der Waals surface area contributed by atoms with E-state index in [1.54, 1.807) is 12.1 Å². The van der Waals surface area contributed by atoms with Gasteiger partial charge in [0.05, 0.1) is 35.8 Å². The van der Waals surface area contributed by atoms with Crippen molar-refractivity contribution in [1.29, 1.82) is 5.26 Å². The van der Waals surface area contributed by atoms with E-state index in [1.165, 1.54) is 15.8 Å². The van der Waals surface area contributed by atoms with Crippen molar-refractivity contribution in [3.8, 4) is 6.07 Å². The zero-order valence-corrected chi connectivity index (χ0v) is 17.0. The van der Waals surface area contributed by atoms with Crippen LogP contribution in [0.3, 0.4) is 0 Å². The number of nitrogens with zero attached hydrogens (tertiary/aromatic N) is 3. The lowest BCUT2D eigenvalue weighted by Gasteiger charge is -2.29. The molecule has 9 heteroatoms. The van der Waals surface area contributed by atoms with Crippen LogP contribution < -0.4 is 0 Å². The van der Waals surface area contributed by atoms with E-state index in [2.05, 4.69) is 6.07 Å². The second-order valence-electron chi connectivity index (χ2n) is 6.55. The zero-order chi connectivity index (χ0) is 20.4. The van der Waals surface area contributed by atoms with Gasteiger partial charge in [-0.05, 0) is 41.8 Å². The highest BCUT2D eigenvalue weighted by molar-refractivity contribution is 8.11. The van der Waals surface area contributed by atoms with Crippen molar-refractivity contribution in [2.45, 2.75) is 10.9 Å². The maximum absolute atomic E-state index is 13.4. The minimum absolute atomic E-state index is 0.0205. The van der Waals surface area contributed by atoms with Gasteiger partial charge in [-0.25, -0.2) is 12.8 Å². The van der Waals surface area contributed by atoms with Gasteiger partial charge in [0.25, 0.3) is 10.0 Å². The van der Waals surface area contributed by atoms with E-state index in [0.717, 1.165) is 24.1 Å². The molecule has 0 saturated carbocycles. The topological polar surface area (TPSA) is 73.6 Å². The second kappa shape index (κ2) is 8.16. The number of hydrogen-bond acceptors (Lipinski definition) is 6. The number of morpholine rings is 1. The molecule has 150 valence electrons. The lowest BCUT2D eigenvalue weighted by atomic mass is 10.0. The number of nitriles is 1. The first kappa shape index (κ1) is 19.9. The zero-order valence-electron chi connectivity index (χ0n) is 15.4. The first-order chi connectivity index (χ1) is 14.0. The summed E-state index contributed by atoms with van der Waals surface area (Å²) >= 11 is 1.04. The van der Waals surface area contributed by atoms with Gasteiger partial charge in [0.1, 0.15) is 10.8 Å². The van der Waals surface area contributed by atoms with Crippen molar-refractivity contribution in [1.82, 2.24) is 8.61 Å². The third-order valence-electron chi connectivity index (χ3n) is 4.77. The molecule has 1 fully saturated rings. The highest BCUT2D eigenvalue weighted by atomic mass is 32.3. The van der Waals surface area contributed by atoms with Gasteiger partial charge < -0.3 is 9.64 Å². The first-order valence-corrected chi connectivity index (χ1v) is 11.2. The Morgan fingerprint density at radius 3 is 2.34 bits per heavy atom. The molecule has 2 aromatic carbocycles. The number of rotatable bonds is 4. The molecule has 1 saturated heterocycles. The van der Waals surface area contributed by atoms with Crippen molar-refractivity contribution in [2.24, 2.45) is 0 Å². The molecule has 2 aliphatic heterocycles. The predicted octanol–water partition coefficient (Wildman–Crippen LogP) is 3.29. The maximum Gasteiger partial charge on any atom is 0.253 e. The standard InChI is InChI=1S/C20H18FN3O3S2/c21-16-6-8-17(9-7-16)29(25,26)24-19(15-4-2-1-3-5-15)18(14-22)20(28-24)23-10-12-27-13-11-23/h1-9,19H,10-13H2. The average Bonchev–Trinajstić information content (AvgIpc) is 3.16. The average molecular weight is 432 g/mol. The number of ether oxygens (including phenoxy) is 1. The van der Waals surface area contributed by atoms with Crippen LogP contribution in [0.1, 0.15) is 11.6 Å². The van der Waals surface area contributed by atoms with Gasteiger partial charge in [0.15, 0.2) is 0 Å². The van der Waals surface area contributed by atoms with E-state index >= 15 is 0 Å². The Balaban J connectivity index is 1.81. The van der Waals surface area contributed by atoms with Gasteiger partial charge in [-0.1, -0.05) is 30.3 Å². The summed E-state index contributed by atoms with van der Waals surface area (Å²) in [4.78, 5) is 1.97. The third-order valence-corrected chi connectivity index (χ3v) is 8.18. The molecule has 0 bridgehead atoms. The number of benzene rings is 2. The fourth-order valence-electron chi connectivity index (χ4n) is 3.33. The van der Waals surface area contributed by atoms with Gasteiger partial charge in [-0.2, -0.15) is 5.26 Å². The Labute approximate surface area is 173 Å². The van der Waals surface area contributed by atoms with Crippen LogP contribution in [0.15, 0.2) is 70.1 Å². The molecule has 2 heterocycles. The molecule has 2 aromatic rings. The monoisotopic (exact) mass is 431 g/mol. The third kappa shape index (κ3) is 3.76. The predicted molar refractivity (Wildman–Crippen MR) is 107 cm³/mol. The lowest BCUT2D eigenvalue weighted by molar-refractivity contribution is 0.0574. The van der Waals surface area contributed by atoms with Crippen LogP contribution in [0.25, 0.3) is 0 Å². The van der Waals surface area contributed by atoms with Crippen molar-refractivity contribution in [3.63, 3.8) is 0 Å². The molecule has 29 heavy (non-hydrogen) atoms. The first-order valence-electron chi connectivity index (χ1n) is 9.02. The van der Waals surface area contributed by atoms with Gasteiger partial charge in [0.2, 0.25) is 0 Å². The molecule has 0 aliphatic carbocycles. The largest absolute Gasteiger partial charge is 0.378 e. The summed E-state index contributed by atoms with van der Waals surface area (Å²) in [5.41, 5.74) is 1.08. The molecule has 4 rings (SSSR count). The van der Waals surface area contributed by atoms with Crippen molar-refractivity contribution >= 4 is 22.0 Å². The molecular formula is C20H18FN3O3S2. The Morgan fingerprint density at radius 1 is 1.07 bits per heavy atom. The molecule has 0 spiro atoms. The van der Waals surface area contributed by atoms with E-state index in [9.17, 15) is 18.1 Å². The van der Waals surface area contributed by atoms with E-state index in [4.69, 9.17) is 4.74 Å². The fourth-order valence-corrected chi connectivity index (χ4v) is 6.45. The number of hydrogen-bond donors (Lipinski definition) is 0. The summed E-state index contributed by atoms with van der Waals surface area (Å²) in [7, 11) is -3.99. The summed E-state index contributed by atoms with van der Waals surface area (Å²) in [6.07, 6.45) is 0. The van der Waals surface area contributed by atoms with Crippen LogP contribution >= 0.6 is 11.9 Å². The Bertz CT molecular complexity index is 1060. The van der Waals surface area contributed by atoms with Crippen LogP contribution in [0.5, 0.6) is 0 Å². The minimum atomic E-state index is -3.99. The number of halogens is 1. The summed E-state index contributed by atoms with van der Waals surface area (Å²) < 4.78 is 46.8. The van der Waals surface area contributed by atoms with Crippen LogP contribution in [-0.4, -0.2) is 43.3 Å². The molecule has 1 unspecified atom stereocenters. The maximum atomic E-state index is 13.4. The molecule has 2 aliphatic rings. The molecular weight excluding hydrogens is 413 g/mol. The van der Waals surface area contributed by atoms with Gasteiger partial charge >= 0.3 is 0 Å². The summed E-state index contributed by atoms with van der Waals surface area (Å²) in [6, 6.07) is 15.3. The Morgan fingerprint density at radius 2 is 1.72 bits per heavy atom. The molecule has 0 N–H and O–H groups in total. The normalized spacial score (nSPS) is 20.7. The minimum Gasteiger partial charge on any atom is -0.378 e. The van der Waals surface area contributed by atoms with Crippen molar-refractivity contribution in [2.75, 3.05) is 26.3 Å². The van der Waals surface area contributed by atoms with Crippen LogP contribution in [0.2, 0.25) is 0 Å². The highest BCUT2D eigenvalue weighted by Crippen LogP contribution is 2.50. The van der Waals surface area contributed by atoms with E-state index < -0.39 is 21.9 Å². The van der Waals surface area contributed by atoms with E-state index in [0.29, 0.717) is 42.5 Å². The molecule has 0 radical (unpaired) electrons. The second-order valence-corrected chi connectivity index (χ2v) is 9.56. The van der Waals surface area contributed by atoms with Gasteiger partial charge in [-0.15, -0.1) is 3.71 Å². The fraction of sp³-hybridized carbons (Fsp3) is 0.250. The van der Waals surface area contributed by atoms with Crippen LogP contribution in [0.4, 0.5) is 4.39 Å². The van der Waals surface area contributed by atoms with E-state index in [-0.39, 0.29) is 4.90 Å². The Hall–Kier alpha value is -2.38.